The van der Waals surface area contributed by atoms with Gasteiger partial charge in [0.15, 0.2) is 0 Å². The molecule has 3 rings (SSSR count). The van der Waals surface area contributed by atoms with Crippen LogP contribution in [-0.2, 0) is 4.79 Å². The fraction of sp³-hybridized carbons (Fsp3) is 0.300. The highest BCUT2D eigenvalue weighted by Gasteiger charge is 2.17. The number of anilines is 2. The summed E-state index contributed by atoms with van der Waals surface area (Å²) in [5.74, 6) is -0.0704. The zero-order valence-corrected chi connectivity index (χ0v) is 16.1. The van der Waals surface area contributed by atoms with Crippen LogP contribution in [0.25, 0.3) is 0 Å². The lowest BCUT2D eigenvalue weighted by molar-refractivity contribution is -0.114. The molecule has 26 heavy (non-hydrogen) atoms. The Hall–Kier alpha value is -2.34. The van der Waals surface area contributed by atoms with Crippen molar-refractivity contribution < 1.29 is 9.59 Å². The summed E-state index contributed by atoms with van der Waals surface area (Å²) in [5, 5.41) is 5.91. The van der Waals surface area contributed by atoms with Crippen LogP contribution in [0.15, 0.2) is 53.0 Å². The number of benzene rings is 2. The molecule has 0 saturated carbocycles. The molecule has 2 aromatic carbocycles. The largest absolute Gasteiger partial charge is 0.376 e. The highest BCUT2D eigenvalue weighted by atomic mass is 79.9. The van der Waals surface area contributed by atoms with Crippen LogP contribution in [0.4, 0.5) is 11.4 Å². The van der Waals surface area contributed by atoms with Gasteiger partial charge in [-0.25, -0.2) is 0 Å². The Bertz CT molecular complexity index is 771. The van der Waals surface area contributed by atoms with Gasteiger partial charge in [0, 0.05) is 34.5 Å². The number of hydrogen-bond donors (Lipinski definition) is 2. The lowest BCUT2D eigenvalue weighted by Gasteiger charge is -2.26. The van der Waals surface area contributed by atoms with Crippen LogP contribution in [0.3, 0.4) is 0 Å². The molecule has 1 heterocycles. The maximum atomic E-state index is 12.4. The summed E-state index contributed by atoms with van der Waals surface area (Å²) in [7, 11) is 0. The second-order valence-electron chi connectivity index (χ2n) is 6.34. The third kappa shape index (κ3) is 5.08. The molecule has 0 aliphatic carbocycles. The van der Waals surface area contributed by atoms with Gasteiger partial charge in [-0.2, -0.15) is 0 Å². The molecule has 1 aliphatic rings. The van der Waals surface area contributed by atoms with Crippen LogP contribution in [-0.4, -0.2) is 36.3 Å². The molecule has 0 bridgehead atoms. The van der Waals surface area contributed by atoms with E-state index in [2.05, 4.69) is 26.6 Å². The van der Waals surface area contributed by atoms with E-state index in [0.29, 0.717) is 11.3 Å². The van der Waals surface area contributed by atoms with Crippen molar-refractivity contribution in [2.24, 2.45) is 0 Å². The van der Waals surface area contributed by atoms with Crippen LogP contribution >= 0.6 is 15.9 Å². The first kappa shape index (κ1) is 18.5. The molecule has 0 spiro atoms. The third-order valence-electron chi connectivity index (χ3n) is 4.34. The van der Waals surface area contributed by atoms with Gasteiger partial charge in [-0.15, -0.1) is 0 Å². The molecule has 1 saturated heterocycles. The van der Waals surface area contributed by atoms with Crippen molar-refractivity contribution in [1.82, 2.24) is 4.90 Å². The fourth-order valence-electron chi connectivity index (χ4n) is 2.96. The van der Waals surface area contributed by atoms with Crippen molar-refractivity contribution in [2.75, 3.05) is 30.3 Å². The SMILES string of the molecule is O=C(CNc1cccc(Br)c1)Nc1ccc(C(=O)N2CCCCC2)cc1. The number of hydrogen-bond acceptors (Lipinski definition) is 3. The number of piperidine rings is 1. The first-order chi connectivity index (χ1) is 12.6. The number of halogens is 1. The number of carbonyl (C=O) groups is 2. The molecule has 6 heteroatoms. The Morgan fingerprint density at radius 2 is 1.69 bits per heavy atom. The van der Waals surface area contributed by atoms with Gasteiger partial charge in [0.2, 0.25) is 5.91 Å². The zero-order valence-electron chi connectivity index (χ0n) is 14.5. The smallest absolute Gasteiger partial charge is 0.253 e. The van der Waals surface area contributed by atoms with Crippen molar-refractivity contribution in [3.8, 4) is 0 Å². The standard InChI is InChI=1S/C20H22BrN3O2/c21-16-5-4-6-18(13-16)22-14-19(25)23-17-9-7-15(8-10-17)20(26)24-11-2-1-3-12-24/h4-10,13,22H,1-3,11-12,14H2,(H,23,25). The maximum Gasteiger partial charge on any atom is 0.253 e. The van der Waals surface area contributed by atoms with E-state index in [0.717, 1.165) is 36.1 Å². The highest BCUT2D eigenvalue weighted by Crippen LogP contribution is 2.17. The Morgan fingerprint density at radius 3 is 2.38 bits per heavy atom. The maximum absolute atomic E-state index is 12.4. The highest BCUT2D eigenvalue weighted by molar-refractivity contribution is 9.10. The summed E-state index contributed by atoms with van der Waals surface area (Å²) >= 11 is 3.40. The molecule has 0 aromatic heterocycles. The average molecular weight is 416 g/mol. The number of nitrogens with zero attached hydrogens (tertiary/aromatic N) is 1. The first-order valence-corrected chi connectivity index (χ1v) is 9.60. The van der Waals surface area contributed by atoms with Crippen LogP contribution < -0.4 is 10.6 Å². The van der Waals surface area contributed by atoms with Crippen molar-refractivity contribution in [2.45, 2.75) is 19.3 Å². The normalized spacial score (nSPS) is 14.0. The molecular weight excluding hydrogens is 394 g/mol. The van der Waals surface area contributed by atoms with Gasteiger partial charge in [0.1, 0.15) is 0 Å². The molecule has 0 atom stereocenters. The van der Waals surface area contributed by atoms with Gasteiger partial charge in [0.25, 0.3) is 5.91 Å². The minimum Gasteiger partial charge on any atom is -0.376 e. The fourth-order valence-corrected chi connectivity index (χ4v) is 3.36. The summed E-state index contributed by atoms with van der Waals surface area (Å²) in [4.78, 5) is 26.4. The van der Waals surface area contributed by atoms with Crippen molar-refractivity contribution >= 4 is 39.1 Å². The minimum atomic E-state index is -0.139. The molecule has 5 nitrogen and oxygen atoms in total. The molecule has 2 aromatic rings. The minimum absolute atomic E-state index is 0.0684. The Morgan fingerprint density at radius 1 is 0.962 bits per heavy atom. The van der Waals surface area contributed by atoms with E-state index < -0.39 is 0 Å². The number of nitrogens with one attached hydrogen (secondary N) is 2. The molecule has 1 fully saturated rings. The Balaban J connectivity index is 1.51. The van der Waals surface area contributed by atoms with E-state index in [9.17, 15) is 9.59 Å². The second-order valence-corrected chi connectivity index (χ2v) is 7.26. The lowest BCUT2D eigenvalue weighted by atomic mass is 10.1. The summed E-state index contributed by atoms with van der Waals surface area (Å²) in [6, 6.07) is 14.7. The molecular formula is C20H22BrN3O2. The number of amides is 2. The Kier molecular flexibility index (Phi) is 6.28. The quantitative estimate of drug-likeness (QED) is 0.771. The van der Waals surface area contributed by atoms with Crippen molar-refractivity contribution in [1.29, 1.82) is 0 Å². The molecule has 136 valence electrons. The zero-order chi connectivity index (χ0) is 18.4. The van der Waals surface area contributed by atoms with E-state index >= 15 is 0 Å². The summed E-state index contributed by atoms with van der Waals surface area (Å²) < 4.78 is 0.955. The third-order valence-corrected chi connectivity index (χ3v) is 4.83. The van der Waals surface area contributed by atoms with E-state index in [4.69, 9.17) is 0 Å². The van der Waals surface area contributed by atoms with Crippen LogP contribution in [0.2, 0.25) is 0 Å². The van der Waals surface area contributed by atoms with Crippen LogP contribution in [0, 0.1) is 0 Å². The van der Waals surface area contributed by atoms with Crippen LogP contribution in [0.1, 0.15) is 29.6 Å². The number of carbonyl (C=O) groups excluding carboxylic acids is 2. The van der Waals surface area contributed by atoms with Crippen molar-refractivity contribution in [3.05, 3.63) is 58.6 Å². The summed E-state index contributed by atoms with van der Waals surface area (Å²) in [6.45, 7) is 1.84. The number of likely N-dealkylation sites (tertiary alicyclic amines) is 1. The molecule has 2 amide bonds. The van der Waals surface area contributed by atoms with Gasteiger partial charge in [-0.3, -0.25) is 9.59 Å². The summed E-state index contributed by atoms with van der Waals surface area (Å²) in [6.07, 6.45) is 3.35. The Labute approximate surface area is 161 Å². The average Bonchev–Trinajstić information content (AvgIpc) is 2.67. The van der Waals surface area contributed by atoms with Crippen LogP contribution in [0.5, 0.6) is 0 Å². The van der Waals surface area contributed by atoms with Gasteiger partial charge in [-0.1, -0.05) is 22.0 Å². The van der Waals surface area contributed by atoms with Gasteiger partial charge in [-0.05, 0) is 61.7 Å². The van der Waals surface area contributed by atoms with Gasteiger partial charge < -0.3 is 15.5 Å². The van der Waals surface area contributed by atoms with Crippen molar-refractivity contribution in [3.63, 3.8) is 0 Å². The predicted octanol–water partition coefficient (Wildman–Crippen LogP) is 4.13. The first-order valence-electron chi connectivity index (χ1n) is 8.80. The number of rotatable bonds is 5. The topological polar surface area (TPSA) is 61.4 Å². The molecule has 1 aliphatic heterocycles. The van der Waals surface area contributed by atoms with E-state index in [-0.39, 0.29) is 18.4 Å². The molecule has 0 unspecified atom stereocenters. The predicted molar refractivity (Wildman–Crippen MR) is 107 cm³/mol. The molecule has 2 N–H and O–H groups in total. The van der Waals surface area contributed by atoms with E-state index in [1.165, 1.54) is 6.42 Å². The molecule has 0 radical (unpaired) electrons. The van der Waals surface area contributed by atoms with Gasteiger partial charge >= 0.3 is 0 Å². The van der Waals surface area contributed by atoms with E-state index in [1.807, 2.05) is 29.2 Å². The van der Waals surface area contributed by atoms with E-state index in [1.54, 1.807) is 24.3 Å². The lowest BCUT2D eigenvalue weighted by Crippen LogP contribution is -2.35. The van der Waals surface area contributed by atoms with Gasteiger partial charge in [0.05, 0.1) is 6.54 Å². The monoisotopic (exact) mass is 415 g/mol. The summed E-state index contributed by atoms with van der Waals surface area (Å²) in [5.41, 5.74) is 2.22. The second kappa shape index (κ2) is 8.85.